The fourth-order valence-corrected chi connectivity index (χ4v) is 3.73. The van der Waals surface area contributed by atoms with Crippen LogP contribution in [-0.4, -0.2) is 16.1 Å². The lowest BCUT2D eigenvalue weighted by atomic mass is 9.89. The van der Waals surface area contributed by atoms with E-state index in [4.69, 9.17) is 4.98 Å². The lowest BCUT2D eigenvalue weighted by molar-refractivity contribution is 0.423. The molecular weight excluding hydrogens is 234 g/mol. The van der Waals surface area contributed by atoms with Crippen molar-refractivity contribution in [1.29, 1.82) is 0 Å². The van der Waals surface area contributed by atoms with Crippen LogP contribution in [0.4, 0.5) is 5.69 Å². The van der Waals surface area contributed by atoms with Gasteiger partial charge in [0.15, 0.2) is 0 Å². The summed E-state index contributed by atoms with van der Waals surface area (Å²) in [4.78, 5) is 4.94. The Morgan fingerprint density at radius 3 is 2.89 bits per heavy atom. The molecule has 3 nitrogen and oxygen atoms in total. The monoisotopic (exact) mass is 255 g/mol. The number of fused-ring (bicyclic) bond motifs is 2. The first kappa shape index (κ1) is 11.3. The van der Waals surface area contributed by atoms with Gasteiger partial charge in [0.05, 0.1) is 11.0 Å². The van der Waals surface area contributed by atoms with Crippen molar-refractivity contribution in [2.24, 2.45) is 7.05 Å². The first-order valence-corrected chi connectivity index (χ1v) is 7.56. The van der Waals surface area contributed by atoms with Gasteiger partial charge in [0.2, 0.25) is 0 Å². The molecule has 19 heavy (non-hydrogen) atoms. The minimum absolute atomic E-state index is 0.675. The van der Waals surface area contributed by atoms with Gasteiger partial charge in [-0.1, -0.05) is 19.3 Å². The standard InChI is InChI=1S/C16H21N3/c1-19-15-9-12-7-8-17-13(12)10-14(15)18-16(19)11-5-3-2-4-6-11/h9-11,17H,2-8H2,1H3. The second-order valence-electron chi connectivity index (χ2n) is 6.04. The maximum atomic E-state index is 4.94. The van der Waals surface area contributed by atoms with Crippen LogP contribution in [0.25, 0.3) is 11.0 Å². The molecule has 3 heteroatoms. The molecule has 0 spiro atoms. The number of anilines is 1. The average molecular weight is 255 g/mol. The van der Waals surface area contributed by atoms with Crippen LogP contribution in [0.2, 0.25) is 0 Å². The van der Waals surface area contributed by atoms with Gasteiger partial charge < -0.3 is 9.88 Å². The molecule has 0 amide bonds. The molecule has 2 aliphatic rings. The Kier molecular flexibility index (Phi) is 2.54. The van der Waals surface area contributed by atoms with E-state index in [9.17, 15) is 0 Å². The van der Waals surface area contributed by atoms with E-state index in [1.165, 1.54) is 54.7 Å². The van der Waals surface area contributed by atoms with Crippen molar-refractivity contribution < 1.29 is 0 Å². The molecule has 2 aromatic rings. The smallest absolute Gasteiger partial charge is 0.112 e. The van der Waals surface area contributed by atoms with Crippen LogP contribution >= 0.6 is 0 Å². The number of hydrogen-bond acceptors (Lipinski definition) is 2. The normalized spacial score (nSPS) is 19.6. The summed E-state index contributed by atoms with van der Waals surface area (Å²) in [6.45, 7) is 1.07. The summed E-state index contributed by atoms with van der Waals surface area (Å²) in [6, 6.07) is 4.58. The molecule has 1 aliphatic heterocycles. The maximum Gasteiger partial charge on any atom is 0.112 e. The molecule has 1 saturated carbocycles. The van der Waals surface area contributed by atoms with Gasteiger partial charge in [-0.15, -0.1) is 0 Å². The maximum absolute atomic E-state index is 4.94. The summed E-state index contributed by atoms with van der Waals surface area (Å²) in [5.41, 5.74) is 5.21. The van der Waals surface area contributed by atoms with Gasteiger partial charge in [-0.05, 0) is 37.0 Å². The number of hydrogen-bond donors (Lipinski definition) is 1. The largest absolute Gasteiger partial charge is 0.384 e. The molecular formula is C16H21N3. The van der Waals surface area contributed by atoms with Crippen molar-refractivity contribution in [1.82, 2.24) is 9.55 Å². The molecule has 1 aliphatic carbocycles. The van der Waals surface area contributed by atoms with E-state index >= 15 is 0 Å². The van der Waals surface area contributed by atoms with Gasteiger partial charge in [0.1, 0.15) is 5.82 Å². The molecule has 1 fully saturated rings. The number of rotatable bonds is 1. The Labute approximate surface area is 114 Å². The van der Waals surface area contributed by atoms with Crippen molar-refractivity contribution in [3.63, 3.8) is 0 Å². The minimum Gasteiger partial charge on any atom is -0.384 e. The SMILES string of the molecule is Cn1c(C2CCCCC2)nc2cc3c(cc21)CCN3. The molecule has 1 aromatic heterocycles. The highest BCUT2D eigenvalue weighted by molar-refractivity contribution is 5.83. The summed E-state index contributed by atoms with van der Waals surface area (Å²) in [5.74, 6) is 1.98. The van der Waals surface area contributed by atoms with Crippen molar-refractivity contribution in [2.45, 2.75) is 44.4 Å². The van der Waals surface area contributed by atoms with Crippen LogP contribution in [0.5, 0.6) is 0 Å². The predicted octanol–water partition coefficient (Wildman–Crippen LogP) is 3.59. The lowest BCUT2D eigenvalue weighted by Crippen LogP contribution is -2.10. The molecule has 0 bridgehead atoms. The van der Waals surface area contributed by atoms with Crippen LogP contribution < -0.4 is 5.32 Å². The predicted molar refractivity (Wildman–Crippen MR) is 78.7 cm³/mol. The molecule has 2 heterocycles. The first-order chi connectivity index (χ1) is 9.33. The number of nitrogens with one attached hydrogen (secondary N) is 1. The molecule has 1 N–H and O–H groups in total. The van der Waals surface area contributed by atoms with Gasteiger partial charge in [-0.2, -0.15) is 0 Å². The second-order valence-corrected chi connectivity index (χ2v) is 6.04. The zero-order valence-electron chi connectivity index (χ0n) is 11.6. The van der Waals surface area contributed by atoms with Gasteiger partial charge in [-0.25, -0.2) is 4.98 Å². The third-order valence-corrected chi connectivity index (χ3v) is 4.82. The number of aryl methyl sites for hydroxylation is 1. The van der Waals surface area contributed by atoms with Crippen LogP contribution in [-0.2, 0) is 13.5 Å². The summed E-state index contributed by atoms with van der Waals surface area (Å²) >= 11 is 0. The van der Waals surface area contributed by atoms with E-state index in [2.05, 4.69) is 29.1 Å². The fraction of sp³-hybridized carbons (Fsp3) is 0.562. The van der Waals surface area contributed by atoms with Gasteiger partial charge in [0.25, 0.3) is 0 Å². The van der Waals surface area contributed by atoms with E-state index in [1.807, 2.05) is 0 Å². The molecule has 0 radical (unpaired) electrons. The highest BCUT2D eigenvalue weighted by Gasteiger charge is 2.22. The summed E-state index contributed by atoms with van der Waals surface area (Å²) < 4.78 is 2.34. The van der Waals surface area contributed by atoms with Crippen LogP contribution in [0.15, 0.2) is 12.1 Å². The Balaban J connectivity index is 1.82. The third kappa shape index (κ3) is 1.75. The quantitative estimate of drug-likeness (QED) is 0.844. The number of aromatic nitrogens is 2. The summed E-state index contributed by atoms with van der Waals surface area (Å²) in [5, 5.41) is 3.45. The molecule has 0 atom stereocenters. The van der Waals surface area contributed by atoms with Crippen LogP contribution in [0.3, 0.4) is 0 Å². The molecule has 0 unspecified atom stereocenters. The zero-order valence-corrected chi connectivity index (χ0v) is 11.6. The highest BCUT2D eigenvalue weighted by atomic mass is 15.1. The lowest BCUT2D eigenvalue weighted by Gasteiger charge is -2.21. The number of imidazole rings is 1. The molecule has 0 saturated heterocycles. The third-order valence-electron chi connectivity index (χ3n) is 4.82. The summed E-state index contributed by atoms with van der Waals surface area (Å²) in [7, 11) is 2.19. The van der Waals surface area contributed by atoms with Gasteiger partial charge >= 0.3 is 0 Å². The molecule has 100 valence electrons. The van der Waals surface area contributed by atoms with E-state index in [1.54, 1.807) is 0 Å². The zero-order chi connectivity index (χ0) is 12.8. The Hall–Kier alpha value is -1.51. The van der Waals surface area contributed by atoms with Gasteiger partial charge in [0, 0.05) is 25.2 Å². The number of nitrogens with zero attached hydrogens (tertiary/aromatic N) is 2. The van der Waals surface area contributed by atoms with Crippen LogP contribution in [0, 0.1) is 0 Å². The Bertz CT molecular complexity index is 620. The van der Waals surface area contributed by atoms with E-state index in [-0.39, 0.29) is 0 Å². The van der Waals surface area contributed by atoms with E-state index in [0.717, 1.165) is 18.5 Å². The minimum atomic E-state index is 0.675. The average Bonchev–Trinajstić information content (AvgIpc) is 3.02. The first-order valence-electron chi connectivity index (χ1n) is 7.56. The van der Waals surface area contributed by atoms with Crippen molar-refractivity contribution in [3.8, 4) is 0 Å². The van der Waals surface area contributed by atoms with Crippen molar-refractivity contribution >= 4 is 16.7 Å². The Morgan fingerprint density at radius 1 is 1.21 bits per heavy atom. The Morgan fingerprint density at radius 2 is 2.05 bits per heavy atom. The van der Waals surface area contributed by atoms with Crippen molar-refractivity contribution in [2.75, 3.05) is 11.9 Å². The molecule has 4 rings (SSSR count). The van der Waals surface area contributed by atoms with E-state index < -0.39 is 0 Å². The molecule has 1 aromatic carbocycles. The van der Waals surface area contributed by atoms with Gasteiger partial charge in [-0.3, -0.25) is 0 Å². The fourth-order valence-electron chi connectivity index (χ4n) is 3.73. The van der Waals surface area contributed by atoms with Crippen LogP contribution in [0.1, 0.15) is 49.4 Å². The van der Waals surface area contributed by atoms with E-state index in [0.29, 0.717) is 5.92 Å². The van der Waals surface area contributed by atoms with Crippen molar-refractivity contribution in [3.05, 3.63) is 23.5 Å². The summed E-state index contributed by atoms with van der Waals surface area (Å²) in [6.07, 6.45) is 7.91. The topological polar surface area (TPSA) is 29.9 Å². The second kappa shape index (κ2) is 4.26. The number of benzene rings is 1. The highest BCUT2D eigenvalue weighted by Crippen LogP contribution is 2.35.